The summed E-state index contributed by atoms with van der Waals surface area (Å²) >= 11 is 0. The molecule has 466 valence electrons. The number of rotatable bonds is 7. The Balaban J connectivity index is 1.17. The maximum atomic E-state index is 7.40. The van der Waals surface area contributed by atoms with Crippen LogP contribution in [0.5, 0.6) is 5.75 Å². The SMILES string of the molecule is C=C1Oc2ccccc2C(C(C)(C)C)/C=C2/B3c4ccc(N(c5ccc(C(C)(C)C)cc5)c5ccc(C(C)(C)C)cc5)cc4N(c4cccc5c4oc4cc(C(C)(C)C)ccc45)c4cc(N(c5ccc(C(C)(C)C)cc5)c5ccc(C(C)(C)C)cc5)cc(c43)N1C2=C. The van der Waals surface area contributed by atoms with E-state index in [1.54, 1.807) is 0 Å². The van der Waals surface area contributed by atoms with Gasteiger partial charge in [-0.05, 0) is 174 Å². The Kier molecular flexibility index (Phi) is 14.7. The molecule has 13 rings (SSSR count). The number of allylic oxidation sites excluding steroid dienone is 2. The number of furan rings is 1. The number of para-hydroxylation sites is 2. The van der Waals surface area contributed by atoms with Gasteiger partial charge in [-0.2, -0.15) is 0 Å². The minimum Gasteiger partial charge on any atom is -0.454 e. The van der Waals surface area contributed by atoms with Crippen molar-refractivity contribution in [1.82, 2.24) is 0 Å². The van der Waals surface area contributed by atoms with Gasteiger partial charge in [0.25, 0.3) is 6.71 Å². The average Bonchev–Trinajstić information content (AvgIpc) is 0.954. The molecule has 4 heterocycles. The fraction of sp³-hybridized carbons (Fsp3) is 0.294. The summed E-state index contributed by atoms with van der Waals surface area (Å²) in [6.07, 6.45) is 2.52. The molecule has 10 aromatic rings. The van der Waals surface area contributed by atoms with Crippen LogP contribution in [0.15, 0.2) is 229 Å². The third kappa shape index (κ3) is 10.9. The van der Waals surface area contributed by atoms with Gasteiger partial charge in [-0.15, -0.1) is 0 Å². The van der Waals surface area contributed by atoms with Gasteiger partial charge in [0.15, 0.2) is 11.5 Å². The Hall–Kier alpha value is -8.94. The molecule has 3 aliphatic heterocycles. The summed E-state index contributed by atoms with van der Waals surface area (Å²) in [4.78, 5) is 9.58. The summed E-state index contributed by atoms with van der Waals surface area (Å²) in [5.41, 5.74) is 22.9. The molecule has 0 amide bonds. The van der Waals surface area contributed by atoms with Crippen molar-refractivity contribution >= 4 is 96.5 Å². The van der Waals surface area contributed by atoms with E-state index >= 15 is 0 Å². The maximum absolute atomic E-state index is 7.40. The van der Waals surface area contributed by atoms with Crippen LogP contribution >= 0.6 is 0 Å². The van der Waals surface area contributed by atoms with Gasteiger partial charge in [-0.1, -0.05) is 234 Å². The second kappa shape index (κ2) is 21.9. The molecule has 0 saturated heterocycles. The Morgan fingerprint density at radius 2 is 0.848 bits per heavy atom. The Morgan fingerprint density at radius 1 is 0.402 bits per heavy atom. The molecule has 1 unspecified atom stereocenters. The lowest BCUT2D eigenvalue weighted by Crippen LogP contribution is -2.57. The van der Waals surface area contributed by atoms with Crippen LogP contribution in [0.2, 0.25) is 0 Å². The number of hydrogen-bond donors (Lipinski definition) is 0. The summed E-state index contributed by atoms with van der Waals surface area (Å²) in [5.74, 6) is 1.18. The van der Waals surface area contributed by atoms with E-state index < -0.39 is 0 Å². The van der Waals surface area contributed by atoms with E-state index in [-0.39, 0.29) is 45.1 Å². The van der Waals surface area contributed by atoms with Gasteiger partial charge in [0.1, 0.15) is 11.3 Å². The van der Waals surface area contributed by atoms with Crippen LogP contribution in [-0.2, 0) is 27.1 Å². The van der Waals surface area contributed by atoms with E-state index in [1.807, 2.05) is 0 Å². The van der Waals surface area contributed by atoms with Crippen molar-refractivity contribution in [3.63, 3.8) is 0 Å². The highest BCUT2D eigenvalue weighted by atomic mass is 16.5. The van der Waals surface area contributed by atoms with E-state index in [1.165, 1.54) is 27.8 Å². The fourth-order valence-corrected chi connectivity index (χ4v) is 14.0. The summed E-state index contributed by atoms with van der Waals surface area (Å²) in [5, 5.41) is 2.13. The zero-order valence-corrected chi connectivity index (χ0v) is 57.6. The molecule has 1 aromatic heterocycles. The lowest BCUT2D eigenvalue weighted by Gasteiger charge is -2.46. The van der Waals surface area contributed by atoms with Crippen LogP contribution in [0, 0.1) is 5.41 Å². The second-order valence-electron chi connectivity index (χ2n) is 32.3. The van der Waals surface area contributed by atoms with E-state index in [4.69, 9.17) is 22.3 Å². The van der Waals surface area contributed by atoms with Crippen LogP contribution in [0.3, 0.4) is 0 Å². The number of anilines is 10. The van der Waals surface area contributed by atoms with E-state index in [9.17, 15) is 0 Å². The highest BCUT2D eigenvalue weighted by Crippen LogP contribution is 2.54. The molecule has 0 radical (unpaired) electrons. The van der Waals surface area contributed by atoms with Crippen LogP contribution in [0.1, 0.15) is 164 Å². The number of hydrogen-bond acceptors (Lipinski definition) is 6. The third-order valence-electron chi connectivity index (χ3n) is 19.4. The highest BCUT2D eigenvalue weighted by molar-refractivity contribution is 6.96. The monoisotopic (exact) mass is 1210 g/mol. The highest BCUT2D eigenvalue weighted by Gasteiger charge is 2.48. The quantitative estimate of drug-likeness (QED) is 0.148. The molecule has 3 aliphatic rings. The molecule has 1 atom stereocenters. The van der Waals surface area contributed by atoms with Crippen LogP contribution in [0.4, 0.5) is 56.9 Å². The van der Waals surface area contributed by atoms with Crippen LogP contribution < -0.4 is 35.3 Å². The van der Waals surface area contributed by atoms with E-state index in [0.29, 0.717) is 5.88 Å². The minimum absolute atomic E-state index is 0.0285. The van der Waals surface area contributed by atoms with Gasteiger partial charge in [0.05, 0.1) is 11.4 Å². The molecule has 92 heavy (non-hydrogen) atoms. The maximum Gasteiger partial charge on any atom is 0.251 e. The number of nitrogens with zero attached hydrogens (tertiary/aromatic N) is 4. The van der Waals surface area contributed by atoms with Crippen molar-refractivity contribution in [3.8, 4) is 5.75 Å². The second-order valence-corrected chi connectivity index (χ2v) is 32.3. The first-order valence-corrected chi connectivity index (χ1v) is 33.0. The molecule has 0 aliphatic carbocycles. The number of fused-ring (bicyclic) bond motifs is 10. The normalized spacial score (nSPS) is 15.9. The molecule has 2 bridgehead atoms. The smallest absolute Gasteiger partial charge is 0.251 e. The number of benzene rings is 9. The molecular formula is C85H91BN4O2. The standard InChI is InChI=1S/C85H91BN4O2/c1-53-71-52-69(85(18,19)20)68-24-21-22-27-76(68)91-54(2)87(53)74-50-65(89(62-41-32-57(33-42-62)82(9,10)11)63-43-34-58(35-44-63)83(12,13)14)51-75-78(74)86(71)70-47-45-64(88(60-37-28-55(29-38-60)80(3,4)5)61-39-30-56(31-40-61)81(6,7)8)49-73(70)90(75)72-26-23-25-67-66-46-36-59(84(15,16)17)48-77(66)92-79(67)72/h21-52,69H,1-2H2,3-20H3/b71-52+. The number of ether oxygens (including phenoxy) is 1. The minimum atomic E-state index is -0.290. The zero-order chi connectivity index (χ0) is 65.5. The predicted molar refractivity (Wildman–Crippen MR) is 394 cm³/mol. The summed E-state index contributed by atoms with van der Waals surface area (Å²) in [6.45, 7) is 50.9. The van der Waals surface area contributed by atoms with Crippen LogP contribution in [-0.4, -0.2) is 6.71 Å². The topological polar surface area (TPSA) is 35.3 Å². The Labute approximate surface area is 548 Å². The van der Waals surface area contributed by atoms with Gasteiger partial charge in [0.2, 0.25) is 0 Å². The van der Waals surface area contributed by atoms with Crippen molar-refractivity contribution in [2.24, 2.45) is 5.41 Å². The molecule has 0 N–H and O–H groups in total. The largest absolute Gasteiger partial charge is 0.454 e. The molecule has 6 nitrogen and oxygen atoms in total. The lowest BCUT2D eigenvalue weighted by molar-refractivity contribution is 0.351. The molecule has 9 aromatic carbocycles. The predicted octanol–water partition coefficient (Wildman–Crippen LogP) is 22.9. The Bertz CT molecular complexity index is 4460. The first kappa shape index (κ1) is 61.9. The van der Waals surface area contributed by atoms with E-state index in [2.05, 4.69) is 338 Å². The summed E-state index contributed by atoms with van der Waals surface area (Å²) in [7, 11) is 0. The van der Waals surface area contributed by atoms with Crippen molar-refractivity contribution in [1.29, 1.82) is 0 Å². The van der Waals surface area contributed by atoms with Gasteiger partial charge in [-0.25, -0.2) is 0 Å². The first-order chi connectivity index (χ1) is 43.2. The first-order valence-electron chi connectivity index (χ1n) is 33.0. The van der Waals surface area contributed by atoms with Gasteiger partial charge in [-0.3, -0.25) is 4.90 Å². The van der Waals surface area contributed by atoms with Gasteiger partial charge >= 0.3 is 0 Å². The molecule has 0 fully saturated rings. The molecular weight excluding hydrogens is 1120 g/mol. The van der Waals surface area contributed by atoms with Gasteiger partial charge in [0, 0.05) is 73.4 Å². The summed E-state index contributed by atoms with van der Waals surface area (Å²) < 4.78 is 14.6. The van der Waals surface area contributed by atoms with E-state index in [0.717, 1.165) is 112 Å². The zero-order valence-electron chi connectivity index (χ0n) is 57.6. The molecule has 7 heteroatoms. The fourth-order valence-electron chi connectivity index (χ4n) is 14.0. The third-order valence-corrected chi connectivity index (χ3v) is 19.4. The lowest BCUT2D eigenvalue weighted by atomic mass is 9.32. The van der Waals surface area contributed by atoms with Gasteiger partial charge < -0.3 is 23.9 Å². The van der Waals surface area contributed by atoms with Crippen LogP contribution in [0.25, 0.3) is 21.9 Å². The van der Waals surface area contributed by atoms with Crippen molar-refractivity contribution < 1.29 is 9.15 Å². The summed E-state index contributed by atoms with van der Waals surface area (Å²) in [6, 6.07) is 70.6. The average molecular weight is 1210 g/mol. The van der Waals surface area contributed by atoms with Crippen molar-refractivity contribution in [3.05, 3.63) is 258 Å². The van der Waals surface area contributed by atoms with Crippen molar-refractivity contribution in [2.45, 2.75) is 158 Å². The van der Waals surface area contributed by atoms with Crippen molar-refractivity contribution in [2.75, 3.05) is 19.6 Å². The Morgan fingerprint density at radius 3 is 1.34 bits per heavy atom. The molecule has 0 spiro atoms. The molecule has 0 saturated carbocycles.